The molecule has 0 unspecified atom stereocenters. The molecule has 0 aliphatic heterocycles. The number of hydrogen-bond donors (Lipinski definition) is 3. The summed E-state index contributed by atoms with van der Waals surface area (Å²) < 4.78 is 0. The van der Waals surface area contributed by atoms with Crippen LogP contribution in [0.1, 0.15) is 45.1 Å². The third-order valence-electron chi connectivity index (χ3n) is 2.99. The van der Waals surface area contributed by atoms with Crippen LogP contribution < -0.4 is 16.2 Å². The molecule has 0 radical (unpaired) electrons. The van der Waals surface area contributed by atoms with Gasteiger partial charge in [0, 0.05) is 12.1 Å². The fourth-order valence-corrected chi connectivity index (χ4v) is 1.68. The first-order valence-corrected chi connectivity index (χ1v) is 6.93. The SMILES string of the molecule is CCC(=O)NNC(=S)Nc1ccc([C@@H](C)CC)cc1. The Morgan fingerprint density at radius 2 is 1.84 bits per heavy atom. The zero-order valence-corrected chi connectivity index (χ0v) is 12.4. The topological polar surface area (TPSA) is 53.2 Å². The molecule has 4 nitrogen and oxygen atoms in total. The van der Waals surface area contributed by atoms with E-state index in [0.717, 1.165) is 12.1 Å². The highest BCUT2D eigenvalue weighted by atomic mass is 32.1. The maximum atomic E-state index is 11.1. The highest BCUT2D eigenvalue weighted by molar-refractivity contribution is 7.80. The van der Waals surface area contributed by atoms with Crippen molar-refractivity contribution in [2.24, 2.45) is 0 Å². The molecule has 0 aliphatic carbocycles. The molecule has 0 aliphatic rings. The summed E-state index contributed by atoms with van der Waals surface area (Å²) in [5.74, 6) is 0.458. The van der Waals surface area contributed by atoms with E-state index >= 15 is 0 Å². The molecule has 0 saturated heterocycles. The second kappa shape index (κ2) is 7.74. The third-order valence-corrected chi connectivity index (χ3v) is 3.19. The molecule has 0 heterocycles. The third kappa shape index (κ3) is 5.26. The molecular weight excluding hydrogens is 258 g/mol. The number of carbonyl (C=O) groups is 1. The second-order valence-corrected chi connectivity index (χ2v) is 4.82. The van der Waals surface area contributed by atoms with Crippen LogP contribution in [0.3, 0.4) is 0 Å². The first kappa shape index (κ1) is 15.4. The lowest BCUT2D eigenvalue weighted by atomic mass is 9.99. The van der Waals surface area contributed by atoms with Crippen LogP contribution in [0.5, 0.6) is 0 Å². The second-order valence-electron chi connectivity index (χ2n) is 4.41. The van der Waals surface area contributed by atoms with E-state index in [1.165, 1.54) is 5.56 Å². The van der Waals surface area contributed by atoms with Gasteiger partial charge >= 0.3 is 0 Å². The van der Waals surface area contributed by atoms with Crippen molar-refractivity contribution in [3.05, 3.63) is 29.8 Å². The van der Waals surface area contributed by atoms with Crippen molar-refractivity contribution < 1.29 is 4.79 Å². The lowest BCUT2D eigenvalue weighted by Gasteiger charge is -2.13. The predicted octanol–water partition coefficient (Wildman–Crippen LogP) is 2.93. The number of nitrogens with one attached hydrogen (secondary N) is 3. The van der Waals surface area contributed by atoms with E-state index in [9.17, 15) is 4.79 Å². The Morgan fingerprint density at radius 1 is 1.21 bits per heavy atom. The van der Waals surface area contributed by atoms with Crippen molar-refractivity contribution in [1.29, 1.82) is 0 Å². The van der Waals surface area contributed by atoms with E-state index in [4.69, 9.17) is 12.2 Å². The number of hydrazine groups is 1. The molecule has 1 aromatic carbocycles. The van der Waals surface area contributed by atoms with E-state index in [1.54, 1.807) is 6.92 Å². The van der Waals surface area contributed by atoms with Crippen LogP contribution >= 0.6 is 12.2 Å². The fraction of sp³-hybridized carbons (Fsp3) is 0.429. The van der Waals surface area contributed by atoms with Gasteiger partial charge in [0.1, 0.15) is 0 Å². The molecule has 1 atom stereocenters. The van der Waals surface area contributed by atoms with Gasteiger partial charge in [0.25, 0.3) is 0 Å². The van der Waals surface area contributed by atoms with Crippen LogP contribution in [-0.2, 0) is 4.79 Å². The molecule has 104 valence electrons. The summed E-state index contributed by atoms with van der Waals surface area (Å²) in [6, 6.07) is 8.14. The Hall–Kier alpha value is -1.62. The predicted molar refractivity (Wildman–Crippen MR) is 82.9 cm³/mol. The number of amides is 1. The number of rotatable bonds is 4. The molecule has 3 N–H and O–H groups in total. The molecule has 0 fully saturated rings. The van der Waals surface area contributed by atoms with Gasteiger partial charge in [0.05, 0.1) is 0 Å². The molecule has 0 spiro atoms. The molecule has 1 amide bonds. The van der Waals surface area contributed by atoms with Gasteiger partial charge in [-0.25, -0.2) is 0 Å². The Morgan fingerprint density at radius 3 is 2.37 bits per heavy atom. The summed E-state index contributed by atoms with van der Waals surface area (Å²) in [6.45, 7) is 6.16. The maximum Gasteiger partial charge on any atom is 0.238 e. The Kier molecular flexibility index (Phi) is 6.29. The molecule has 5 heteroatoms. The fourth-order valence-electron chi connectivity index (χ4n) is 1.51. The lowest BCUT2D eigenvalue weighted by molar-refractivity contribution is -0.121. The van der Waals surface area contributed by atoms with Crippen LogP contribution in [0, 0.1) is 0 Å². The van der Waals surface area contributed by atoms with Gasteiger partial charge in [-0.1, -0.05) is 32.9 Å². The lowest BCUT2D eigenvalue weighted by Crippen LogP contribution is -2.43. The Balaban J connectivity index is 2.49. The van der Waals surface area contributed by atoms with Gasteiger partial charge in [-0.3, -0.25) is 15.6 Å². The summed E-state index contributed by atoms with van der Waals surface area (Å²) in [7, 11) is 0. The minimum atomic E-state index is -0.101. The number of hydrogen-bond acceptors (Lipinski definition) is 2. The smallest absolute Gasteiger partial charge is 0.238 e. The number of carbonyl (C=O) groups excluding carboxylic acids is 1. The minimum Gasteiger partial charge on any atom is -0.331 e. The van der Waals surface area contributed by atoms with Gasteiger partial charge in [-0.15, -0.1) is 0 Å². The zero-order valence-electron chi connectivity index (χ0n) is 11.6. The Labute approximate surface area is 119 Å². The van der Waals surface area contributed by atoms with Crippen LogP contribution in [-0.4, -0.2) is 11.0 Å². The van der Waals surface area contributed by atoms with Crippen molar-refractivity contribution in [1.82, 2.24) is 10.9 Å². The summed E-state index contributed by atoms with van der Waals surface area (Å²) in [6.07, 6.45) is 1.54. The number of benzene rings is 1. The number of anilines is 1. The van der Waals surface area contributed by atoms with E-state index in [0.29, 0.717) is 17.5 Å². The van der Waals surface area contributed by atoms with Crippen LogP contribution in [0.4, 0.5) is 5.69 Å². The molecule has 0 saturated carbocycles. The molecule has 0 bridgehead atoms. The average molecular weight is 279 g/mol. The van der Waals surface area contributed by atoms with Crippen molar-refractivity contribution in [3.8, 4) is 0 Å². The number of thiocarbonyl (C=S) groups is 1. The zero-order chi connectivity index (χ0) is 14.3. The van der Waals surface area contributed by atoms with Crippen LogP contribution in [0.15, 0.2) is 24.3 Å². The van der Waals surface area contributed by atoms with Crippen molar-refractivity contribution >= 4 is 28.9 Å². The average Bonchev–Trinajstić information content (AvgIpc) is 2.44. The minimum absolute atomic E-state index is 0.101. The summed E-state index contributed by atoms with van der Waals surface area (Å²) in [4.78, 5) is 11.1. The largest absolute Gasteiger partial charge is 0.331 e. The molecule has 0 aromatic heterocycles. The van der Waals surface area contributed by atoms with Gasteiger partial charge in [0.2, 0.25) is 5.91 Å². The van der Waals surface area contributed by atoms with Crippen LogP contribution in [0.2, 0.25) is 0 Å². The van der Waals surface area contributed by atoms with Gasteiger partial charge < -0.3 is 5.32 Å². The standard InChI is InChI=1S/C14H21N3OS/c1-4-10(3)11-6-8-12(9-7-11)15-14(19)17-16-13(18)5-2/h6-10H,4-5H2,1-3H3,(H,16,18)(H2,15,17,19)/t10-/m0/s1. The summed E-state index contributed by atoms with van der Waals surface area (Å²) >= 11 is 5.07. The quantitative estimate of drug-likeness (QED) is 0.586. The first-order chi connectivity index (χ1) is 9.06. The summed E-state index contributed by atoms with van der Waals surface area (Å²) in [5, 5.41) is 3.38. The highest BCUT2D eigenvalue weighted by Gasteiger charge is 2.03. The van der Waals surface area contributed by atoms with E-state index in [-0.39, 0.29) is 5.91 Å². The Bertz CT molecular complexity index is 431. The van der Waals surface area contributed by atoms with Crippen molar-refractivity contribution in [3.63, 3.8) is 0 Å². The van der Waals surface area contributed by atoms with E-state index < -0.39 is 0 Å². The molecule has 1 rings (SSSR count). The van der Waals surface area contributed by atoms with E-state index in [2.05, 4.69) is 42.1 Å². The van der Waals surface area contributed by atoms with E-state index in [1.807, 2.05) is 12.1 Å². The van der Waals surface area contributed by atoms with Crippen molar-refractivity contribution in [2.75, 3.05) is 5.32 Å². The maximum absolute atomic E-state index is 11.1. The first-order valence-electron chi connectivity index (χ1n) is 6.52. The van der Waals surface area contributed by atoms with Gasteiger partial charge in [-0.2, -0.15) is 0 Å². The monoisotopic (exact) mass is 279 g/mol. The molecule has 1 aromatic rings. The van der Waals surface area contributed by atoms with Crippen LogP contribution in [0.25, 0.3) is 0 Å². The highest BCUT2D eigenvalue weighted by Crippen LogP contribution is 2.20. The molecular formula is C14H21N3OS. The van der Waals surface area contributed by atoms with Crippen molar-refractivity contribution in [2.45, 2.75) is 39.5 Å². The summed E-state index contributed by atoms with van der Waals surface area (Å²) in [5.41, 5.74) is 7.36. The van der Waals surface area contributed by atoms with Gasteiger partial charge in [-0.05, 0) is 42.3 Å². The van der Waals surface area contributed by atoms with Gasteiger partial charge in [0.15, 0.2) is 5.11 Å². The normalized spacial score (nSPS) is 11.5. The molecule has 19 heavy (non-hydrogen) atoms.